The van der Waals surface area contributed by atoms with E-state index >= 15 is 0 Å². The zero-order chi connectivity index (χ0) is 15.8. The quantitative estimate of drug-likeness (QED) is 0.619. The van der Waals surface area contributed by atoms with E-state index in [-0.39, 0.29) is 5.56 Å². The van der Waals surface area contributed by atoms with E-state index in [0.717, 1.165) is 33.3 Å². The van der Waals surface area contributed by atoms with Gasteiger partial charge in [0, 0.05) is 42.7 Å². The number of aryl methyl sites for hydroxylation is 1. The van der Waals surface area contributed by atoms with Gasteiger partial charge in [0.15, 0.2) is 0 Å². The second-order valence-corrected chi connectivity index (χ2v) is 5.39. The predicted octanol–water partition coefficient (Wildman–Crippen LogP) is 2.99. The van der Waals surface area contributed by atoms with Crippen LogP contribution in [0, 0.1) is 0 Å². The first-order valence-corrected chi connectivity index (χ1v) is 7.28. The van der Waals surface area contributed by atoms with Crippen LogP contribution in [-0.4, -0.2) is 19.7 Å². The van der Waals surface area contributed by atoms with E-state index < -0.39 is 0 Å². The molecule has 1 aromatic carbocycles. The second kappa shape index (κ2) is 5.21. The lowest BCUT2D eigenvalue weighted by molar-refractivity contribution is 0.764. The predicted molar refractivity (Wildman–Crippen MR) is 90.0 cm³/mol. The van der Waals surface area contributed by atoms with Crippen molar-refractivity contribution in [2.45, 2.75) is 0 Å². The number of fused-ring (bicyclic) bond motifs is 1. The van der Waals surface area contributed by atoms with Crippen molar-refractivity contribution in [3.63, 3.8) is 0 Å². The molecule has 5 nitrogen and oxygen atoms in total. The van der Waals surface area contributed by atoms with Crippen LogP contribution < -0.4 is 5.56 Å². The summed E-state index contributed by atoms with van der Waals surface area (Å²) in [7, 11) is 1.83. The van der Waals surface area contributed by atoms with Gasteiger partial charge in [-0.3, -0.25) is 24.5 Å². The van der Waals surface area contributed by atoms with Crippen LogP contribution >= 0.6 is 0 Å². The van der Waals surface area contributed by atoms with Crippen LogP contribution in [0.3, 0.4) is 0 Å². The van der Waals surface area contributed by atoms with Crippen LogP contribution in [0.1, 0.15) is 0 Å². The molecule has 3 heterocycles. The number of aromatic nitrogens is 4. The van der Waals surface area contributed by atoms with Crippen LogP contribution in [0.5, 0.6) is 0 Å². The lowest BCUT2D eigenvalue weighted by atomic mass is 10.00. The Labute approximate surface area is 132 Å². The molecule has 0 unspecified atom stereocenters. The molecule has 0 aliphatic heterocycles. The number of hydrogen-bond donors (Lipinski definition) is 1. The number of rotatable bonds is 2. The summed E-state index contributed by atoms with van der Waals surface area (Å²) in [4.78, 5) is 20.1. The smallest absolute Gasteiger partial charge is 0.264 e. The van der Waals surface area contributed by atoms with E-state index in [9.17, 15) is 4.79 Å². The molecule has 0 spiro atoms. The van der Waals surface area contributed by atoms with Gasteiger partial charge in [-0.05, 0) is 41.5 Å². The molecule has 4 aromatic rings. The molecule has 5 heteroatoms. The average molecular weight is 302 g/mol. The second-order valence-electron chi connectivity index (χ2n) is 5.39. The lowest BCUT2D eigenvalue weighted by Crippen LogP contribution is -2.00. The number of hydrogen-bond acceptors (Lipinski definition) is 3. The zero-order valence-corrected chi connectivity index (χ0v) is 12.5. The number of nitrogens with one attached hydrogen (secondary N) is 1. The van der Waals surface area contributed by atoms with Crippen LogP contribution in [0.2, 0.25) is 0 Å². The Morgan fingerprint density at radius 3 is 2.52 bits per heavy atom. The van der Waals surface area contributed by atoms with Crippen molar-refractivity contribution in [3.8, 4) is 22.4 Å². The molecular formula is C18H14N4O. The fraction of sp³-hybridized carbons (Fsp3) is 0.0556. The Morgan fingerprint density at radius 2 is 1.78 bits per heavy atom. The van der Waals surface area contributed by atoms with Crippen molar-refractivity contribution in [3.05, 3.63) is 71.4 Å². The number of H-pyrrole nitrogens is 1. The highest BCUT2D eigenvalue weighted by atomic mass is 16.1. The number of benzene rings is 1. The van der Waals surface area contributed by atoms with Crippen molar-refractivity contribution in [1.82, 2.24) is 19.7 Å². The van der Waals surface area contributed by atoms with Gasteiger partial charge < -0.3 is 0 Å². The highest BCUT2D eigenvalue weighted by molar-refractivity contribution is 5.96. The molecule has 0 fully saturated rings. The number of pyridine rings is 2. The van der Waals surface area contributed by atoms with Crippen molar-refractivity contribution in [2.24, 2.45) is 7.05 Å². The molecule has 112 valence electrons. The molecule has 23 heavy (non-hydrogen) atoms. The topological polar surface area (TPSA) is 63.6 Å². The molecule has 1 N–H and O–H groups in total. The summed E-state index contributed by atoms with van der Waals surface area (Å²) in [6, 6.07) is 13.6. The minimum absolute atomic E-state index is 0.108. The molecule has 0 saturated heterocycles. The SMILES string of the molecule is Cn1[nH]c(=O)cc1-c1ccc2nccc(-c3ccncc3)c2c1. The molecule has 4 rings (SSSR count). The monoisotopic (exact) mass is 302 g/mol. The molecule has 0 aliphatic carbocycles. The van der Waals surface area contributed by atoms with Gasteiger partial charge in [-0.25, -0.2) is 0 Å². The maximum atomic E-state index is 11.5. The van der Waals surface area contributed by atoms with Crippen molar-refractivity contribution in [2.75, 3.05) is 0 Å². The first-order chi connectivity index (χ1) is 11.2. The molecule has 0 atom stereocenters. The Morgan fingerprint density at radius 1 is 0.957 bits per heavy atom. The minimum Gasteiger partial charge on any atom is -0.288 e. The fourth-order valence-electron chi connectivity index (χ4n) is 2.84. The molecule has 0 bridgehead atoms. The average Bonchev–Trinajstić information content (AvgIpc) is 2.93. The third kappa shape index (κ3) is 2.32. The van der Waals surface area contributed by atoms with E-state index in [2.05, 4.69) is 21.1 Å². The van der Waals surface area contributed by atoms with Gasteiger partial charge in [-0.1, -0.05) is 6.07 Å². The summed E-state index contributed by atoms with van der Waals surface area (Å²) in [6.45, 7) is 0. The van der Waals surface area contributed by atoms with Crippen LogP contribution in [0.4, 0.5) is 0 Å². The lowest BCUT2D eigenvalue weighted by Gasteiger charge is -2.09. The van der Waals surface area contributed by atoms with Crippen molar-refractivity contribution < 1.29 is 0 Å². The maximum absolute atomic E-state index is 11.5. The van der Waals surface area contributed by atoms with E-state index in [0.29, 0.717) is 0 Å². The highest BCUT2D eigenvalue weighted by Crippen LogP contribution is 2.30. The molecule has 0 radical (unpaired) electrons. The van der Waals surface area contributed by atoms with Gasteiger partial charge in [-0.15, -0.1) is 0 Å². The third-order valence-corrected chi connectivity index (χ3v) is 3.94. The van der Waals surface area contributed by atoms with Crippen LogP contribution in [-0.2, 0) is 7.05 Å². The van der Waals surface area contributed by atoms with Crippen LogP contribution in [0.25, 0.3) is 33.3 Å². The molecule has 0 amide bonds. The van der Waals surface area contributed by atoms with Gasteiger partial charge in [0.05, 0.1) is 11.2 Å². The Bertz CT molecular complexity index is 1050. The summed E-state index contributed by atoms with van der Waals surface area (Å²) in [6.07, 6.45) is 5.37. The molecule has 3 aromatic heterocycles. The molecule has 0 aliphatic rings. The van der Waals surface area contributed by atoms with Crippen molar-refractivity contribution in [1.29, 1.82) is 0 Å². The van der Waals surface area contributed by atoms with E-state index in [4.69, 9.17) is 0 Å². The summed E-state index contributed by atoms with van der Waals surface area (Å²) >= 11 is 0. The molecule has 0 saturated carbocycles. The van der Waals surface area contributed by atoms with Gasteiger partial charge >= 0.3 is 0 Å². The largest absolute Gasteiger partial charge is 0.288 e. The van der Waals surface area contributed by atoms with Gasteiger partial charge in [0.25, 0.3) is 5.56 Å². The highest BCUT2D eigenvalue weighted by Gasteiger charge is 2.09. The minimum atomic E-state index is -0.108. The Balaban J connectivity index is 1.98. The number of aromatic amines is 1. The van der Waals surface area contributed by atoms with Gasteiger partial charge in [0.2, 0.25) is 0 Å². The van der Waals surface area contributed by atoms with Gasteiger partial charge in [0.1, 0.15) is 0 Å². The van der Waals surface area contributed by atoms with Crippen molar-refractivity contribution >= 4 is 10.9 Å². The normalized spacial score (nSPS) is 11.0. The number of nitrogens with zero attached hydrogens (tertiary/aromatic N) is 3. The first kappa shape index (κ1) is 13.5. The Kier molecular flexibility index (Phi) is 3.05. The third-order valence-electron chi connectivity index (χ3n) is 3.94. The maximum Gasteiger partial charge on any atom is 0.264 e. The van der Waals surface area contributed by atoms with Crippen LogP contribution in [0.15, 0.2) is 65.8 Å². The summed E-state index contributed by atoms with van der Waals surface area (Å²) in [5.74, 6) is 0. The van der Waals surface area contributed by atoms with E-state index in [1.54, 1.807) is 23.1 Å². The standard InChI is InChI=1S/C18H14N4O/c1-22-17(11-18(23)21-22)13-2-3-16-15(10-13)14(6-9-20-16)12-4-7-19-8-5-12/h2-11H,1H3,(H,21,23). The summed E-state index contributed by atoms with van der Waals surface area (Å²) in [5, 5.41) is 3.78. The summed E-state index contributed by atoms with van der Waals surface area (Å²) < 4.78 is 1.73. The Hall–Kier alpha value is -3.21. The zero-order valence-electron chi connectivity index (χ0n) is 12.5. The first-order valence-electron chi connectivity index (χ1n) is 7.28. The van der Waals surface area contributed by atoms with E-state index in [1.807, 2.05) is 43.6 Å². The summed E-state index contributed by atoms with van der Waals surface area (Å²) in [5.41, 5.74) is 4.82. The van der Waals surface area contributed by atoms with Gasteiger partial charge in [-0.2, -0.15) is 0 Å². The van der Waals surface area contributed by atoms with E-state index in [1.165, 1.54) is 0 Å². The molecular weight excluding hydrogens is 288 g/mol. The fourth-order valence-corrected chi connectivity index (χ4v) is 2.84.